The average Bonchev–Trinajstić information content (AvgIpc) is 2.78. The fourth-order valence-corrected chi connectivity index (χ4v) is 5.41. The van der Waals surface area contributed by atoms with E-state index >= 15 is 0 Å². The summed E-state index contributed by atoms with van der Waals surface area (Å²) in [5.74, 6) is -0.470. The van der Waals surface area contributed by atoms with Crippen LogP contribution >= 0.6 is 0 Å². The van der Waals surface area contributed by atoms with Crippen LogP contribution in [0.15, 0.2) is 48.5 Å². The van der Waals surface area contributed by atoms with E-state index in [2.05, 4.69) is 26.1 Å². The van der Waals surface area contributed by atoms with Crippen molar-refractivity contribution in [3.05, 3.63) is 65.5 Å². The van der Waals surface area contributed by atoms with E-state index in [1.54, 1.807) is 6.07 Å². The second-order valence-electron chi connectivity index (χ2n) is 9.43. The van der Waals surface area contributed by atoms with Gasteiger partial charge < -0.3 is 10.1 Å². The zero-order valence-electron chi connectivity index (χ0n) is 19.5. The van der Waals surface area contributed by atoms with Gasteiger partial charge in [0.15, 0.2) is 0 Å². The number of hydrogen-bond donors (Lipinski definition) is 1. The molecule has 0 atom stereocenters. The number of halogens is 1. The van der Waals surface area contributed by atoms with Crippen molar-refractivity contribution < 1.29 is 22.3 Å². The number of rotatable bonds is 8. The third-order valence-electron chi connectivity index (χ3n) is 5.90. The Hall–Kier alpha value is -2.45. The molecule has 0 radical (unpaired) electrons. The molecule has 3 rings (SSSR count). The summed E-state index contributed by atoms with van der Waals surface area (Å²) < 4.78 is 46.2. The number of amides is 1. The van der Waals surface area contributed by atoms with Gasteiger partial charge in [-0.2, -0.15) is 0 Å². The van der Waals surface area contributed by atoms with Crippen molar-refractivity contribution in [1.29, 1.82) is 0 Å². The summed E-state index contributed by atoms with van der Waals surface area (Å²) in [6.07, 6.45) is 0.884. The molecule has 0 spiro atoms. The molecule has 1 aliphatic heterocycles. The lowest BCUT2D eigenvalue weighted by molar-refractivity contribution is -0.126. The fourth-order valence-electron chi connectivity index (χ4n) is 3.84. The van der Waals surface area contributed by atoms with Crippen molar-refractivity contribution in [2.75, 3.05) is 26.2 Å². The molecule has 0 aliphatic carbocycles. The number of nitrogens with zero attached hydrogens (tertiary/aromatic N) is 1. The summed E-state index contributed by atoms with van der Waals surface area (Å²) >= 11 is 0. The monoisotopic (exact) mass is 476 g/mol. The van der Waals surface area contributed by atoms with Gasteiger partial charge in [-0.15, -0.1) is 0 Å². The van der Waals surface area contributed by atoms with Crippen molar-refractivity contribution >= 4 is 15.9 Å². The van der Waals surface area contributed by atoms with Crippen LogP contribution in [-0.2, 0) is 26.0 Å². The molecule has 2 aromatic rings. The molecule has 1 N–H and O–H groups in total. The second kappa shape index (κ2) is 10.7. The van der Waals surface area contributed by atoms with Crippen LogP contribution in [0.2, 0.25) is 0 Å². The van der Waals surface area contributed by atoms with Gasteiger partial charge in [0, 0.05) is 24.6 Å². The van der Waals surface area contributed by atoms with E-state index < -0.39 is 15.8 Å². The van der Waals surface area contributed by atoms with E-state index in [1.807, 2.05) is 24.3 Å². The number of hydrogen-bond acceptors (Lipinski definition) is 4. The largest absolute Gasteiger partial charge is 0.492 e. The first-order valence-corrected chi connectivity index (χ1v) is 12.9. The summed E-state index contributed by atoms with van der Waals surface area (Å²) in [4.78, 5) is 12.5. The van der Waals surface area contributed by atoms with Gasteiger partial charge in [-0.05, 0) is 42.0 Å². The van der Waals surface area contributed by atoms with Gasteiger partial charge in [-0.1, -0.05) is 51.1 Å². The summed E-state index contributed by atoms with van der Waals surface area (Å²) in [6.45, 7) is 7.71. The van der Waals surface area contributed by atoms with E-state index in [9.17, 15) is 17.6 Å². The number of carbonyl (C=O) groups excluding carboxylic acids is 1. The molecule has 0 bridgehead atoms. The first-order valence-electron chi connectivity index (χ1n) is 11.3. The van der Waals surface area contributed by atoms with Crippen molar-refractivity contribution in [3.63, 3.8) is 0 Å². The molecule has 1 amide bonds. The zero-order chi connectivity index (χ0) is 24.1. The van der Waals surface area contributed by atoms with Crippen molar-refractivity contribution in [2.24, 2.45) is 5.92 Å². The highest BCUT2D eigenvalue weighted by Gasteiger charge is 2.31. The Labute approximate surface area is 196 Å². The van der Waals surface area contributed by atoms with Crippen LogP contribution in [-0.4, -0.2) is 44.9 Å². The quantitative estimate of drug-likeness (QED) is 0.587. The maximum absolute atomic E-state index is 13.8. The minimum Gasteiger partial charge on any atom is -0.492 e. The number of sulfonamides is 1. The number of piperidine rings is 1. The Bertz CT molecular complexity index is 1040. The Kier molecular flexibility index (Phi) is 8.13. The van der Waals surface area contributed by atoms with Gasteiger partial charge in [0.2, 0.25) is 15.9 Å². The van der Waals surface area contributed by atoms with Crippen LogP contribution in [0.5, 0.6) is 5.75 Å². The highest BCUT2D eigenvalue weighted by Crippen LogP contribution is 2.25. The molecule has 6 nitrogen and oxygen atoms in total. The van der Waals surface area contributed by atoms with Crippen molar-refractivity contribution in [1.82, 2.24) is 9.62 Å². The first-order chi connectivity index (χ1) is 15.6. The van der Waals surface area contributed by atoms with Crippen LogP contribution in [0.25, 0.3) is 0 Å². The number of benzene rings is 2. The molecule has 1 heterocycles. The topological polar surface area (TPSA) is 75.7 Å². The molecule has 0 saturated carbocycles. The van der Waals surface area contributed by atoms with E-state index in [4.69, 9.17) is 4.74 Å². The van der Waals surface area contributed by atoms with Crippen LogP contribution in [0, 0.1) is 11.7 Å². The van der Waals surface area contributed by atoms with Gasteiger partial charge in [0.05, 0.1) is 12.3 Å². The van der Waals surface area contributed by atoms with Crippen LogP contribution in [0.3, 0.4) is 0 Å². The van der Waals surface area contributed by atoms with Crippen LogP contribution in [0.4, 0.5) is 4.39 Å². The number of carbonyl (C=O) groups is 1. The summed E-state index contributed by atoms with van der Waals surface area (Å²) in [5.41, 5.74) is 1.47. The summed E-state index contributed by atoms with van der Waals surface area (Å²) in [5, 5.41) is 2.88. The Balaban J connectivity index is 1.40. The molecule has 1 aliphatic rings. The molecule has 180 valence electrons. The molecule has 1 saturated heterocycles. The molecule has 8 heteroatoms. The van der Waals surface area contributed by atoms with Gasteiger partial charge in [0.25, 0.3) is 0 Å². The lowest BCUT2D eigenvalue weighted by Gasteiger charge is -2.30. The predicted octanol–water partition coefficient (Wildman–Crippen LogP) is 3.86. The number of ether oxygens (including phenoxy) is 1. The normalized spacial score (nSPS) is 15.9. The average molecular weight is 477 g/mol. The van der Waals surface area contributed by atoms with Crippen LogP contribution < -0.4 is 10.1 Å². The molecule has 33 heavy (non-hydrogen) atoms. The fraction of sp³-hybridized carbons (Fsp3) is 0.480. The zero-order valence-corrected chi connectivity index (χ0v) is 20.3. The smallest absolute Gasteiger partial charge is 0.223 e. The SMILES string of the molecule is CC(C)(C)c1ccc(OCCNC(=O)C2CCN(S(=O)(=O)Cc3ccccc3F)CC2)cc1. The molecule has 0 unspecified atom stereocenters. The Morgan fingerprint density at radius 3 is 2.33 bits per heavy atom. The third-order valence-corrected chi connectivity index (χ3v) is 7.73. The first kappa shape index (κ1) is 25.2. The van der Waals surface area contributed by atoms with Gasteiger partial charge >= 0.3 is 0 Å². The number of nitrogens with one attached hydrogen (secondary N) is 1. The van der Waals surface area contributed by atoms with Crippen molar-refractivity contribution in [2.45, 2.75) is 44.8 Å². The summed E-state index contributed by atoms with van der Waals surface area (Å²) in [7, 11) is -3.63. The highest BCUT2D eigenvalue weighted by molar-refractivity contribution is 7.88. The van der Waals surface area contributed by atoms with Gasteiger partial charge in [0.1, 0.15) is 18.2 Å². The minimum atomic E-state index is -3.63. The maximum atomic E-state index is 13.8. The minimum absolute atomic E-state index is 0.0825. The van der Waals surface area contributed by atoms with E-state index in [0.29, 0.717) is 26.0 Å². The van der Waals surface area contributed by atoms with Crippen LogP contribution in [0.1, 0.15) is 44.7 Å². The highest BCUT2D eigenvalue weighted by atomic mass is 32.2. The third kappa shape index (κ3) is 7.01. The van der Waals surface area contributed by atoms with E-state index in [1.165, 1.54) is 28.1 Å². The van der Waals surface area contributed by atoms with Crippen molar-refractivity contribution in [3.8, 4) is 5.75 Å². The molecule has 0 aromatic heterocycles. The maximum Gasteiger partial charge on any atom is 0.223 e. The van der Waals surface area contributed by atoms with Gasteiger partial charge in [-0.3, -0.25) is 4.79 Å². The summed E-state index contributed by atoms with van der Waals surface area (Å²) in [6, 6.07) is 13.8. The molecular formula is C25H33FN2O4S. The lowest BCUT2D eigenvalue weighted by Crippen LogP contribution is -2.44. The van der Waals surface area contributed by atoms with E-state index in [-0.39, 0.29) is 41.6 Å². The van der Waals surface area contributed by atoms with Gasteiger partial charge in [-0.25, -0.2) is 17.1 Å². The Morgan fingerprint density at radius 1 is 1.09 bits per heavy atom. The molecule has 1 fully saturated rings. The van der Waals surface area contributed by atoms with E-state index in [0.717, 1.165) is 5.75 Å². The Morgan fingerprint density at radius 2 is 1.73 bits per heavy atom. The molecule has 2 aromatic carbocycles. The lowest BCUT2D eigenvalue weighted by atomic mass is 9.87. The standard InChI is InChI=1S/C25H33FN2O4S/c1-25(2,3)21-8-10-22(11-9-21)32-17-14-27-24(29)19-12-15-28(16-13-19)33(30,31)18-20-6-4-5-7-23(20)26/h4-11,19H,12-18H2,1-3H3,(H,27,29). The predicted molar refractivity (Wildman–Crippen MR) is 127 cm³/mol. The second-order valence-corrected chi connectivity index (χ2v) is 11.4. The molecular weight excluding hydrogens is 443 g/mol.